The SMILES string of the molecule is CCCCCCCCn1c2cc(OCCCCCCC)ccc2c2ccc(C3(Nc4ccccc4)C=CC(N)=CC3)cc21. The largest absolute Gasteiger partial charge is 0.494 e. The number of benzene rings is 3. The molecule has 3 aromatic carbocycles. The second-order valence-electron chi connectivity index (χ2n) is 12.3. The maximum Gasteiger partial charge on any atom is 0.121 e. The van der Waals surface area contributed by atoms with Crippen molar-refractivity contribution in [1.82, 2.24) is 4.57 Å². The predicted octanol–water partition coefficient (Wildman–Crippen LogP) is 10.6. The highest BCUT2D eigenvalue weighted by molar-refractivity contribution is 6.08. The van der Waals surface area contributed by atoms with Gasteiger partial charge in [0, 0.05) is 40.3 Å². The van der Waals surface area contributed by atoms with Crippen molar-refractivity contribution >= 4 is 27.5 Å². The Kier molecular flexibility index (Phi) is 10.9. The van der Waals surface area contributed by atoms with Gasteiger partial charge in [0.15, 0.2) is 0 Å². The zero-order chi connectivity index (χ0) is 29.9. The quantitative estimate of drug-likeness (QED) is 0.123. The zero-order valence-electron chi connectivity index (χ0n) is 26.4. The van der Waals surface area contributed by atoms with Crippen LogP contribution in [0, 0.1) is 0 Å². The summed E-state index contributed by atoms with van der Waals surface area (Å²) >= 11 is 0. The number of ether oxygens (including phenoxy) is 1. The first-order valence-electron chi connectivity index (χ1n) is 16.8. The predicted molar refractivity (Wildman–Crippen MR) is 185 cm³/mol. The van der Waals surface area contributed by atoms with Gasteiger partial charge in [-0.15, -0.1) is 0 Å². The molecule has 1 unspecified atom stereocenters. The number of allylic oxidation sites excluding steroid dienone is 1. The molecule has 1 atom stereocenters. The van der Waals surface area contributed by atoms with Crippen molar-refractivity contribution in [3.05, 3.63) is 96.2 Å². The summed E-state index contributed by atoms with van der Waals surface area (Å²) < 4.78 is 8.83. The van der Waals surface area contributed by atoms with Crippen LogP contribution in [0.2, 0.25) is 0 Å². The van der Waals surface area contributed by atoms with Crippen LogP contribution in [0.4, 0.5) is 5.69 Å². The standard InChI is InChI=1S/C39H51N3O/c1-3-5-7-9-10-15-27-42-37-29-31(39(25-23-32(40)24-26-39)41-33-17-13-12-14-18-33)19-21-35(37)36-22-20-34(30-38(36)42)43-28-16-11-8-6-4-2/h12-14,17-25,29-30,41H,3-11,15-16,26-28,40H2,1-2H3. The minimum atomic E-state index is -0.369. The molecular weight excluding hydrogens is 526 g/mol. The van der Waals surface area contributed by atoms with Gasteiger partial charge in [0.1, 0.15) is 5.75 Å². The second kappa shape index (κ2) is 15.2. The van der Waals surface area contributed by atoms with Crippen LogP contribution >= 0.6 is 0 Å². The molecule has 0 fully saturated rings. The van der Waals surface area contributed by atoms with Gasteiger partial charge in [-0.05, 0) is 61.2 Å². The van der Waals surface area contributed by atoms with Crippen LogP contribution in [-0.2, 0) is 12.1 Å². The first kappa shape index (κ1) is 30.8. The molecule has 4 nitrogen and oxygen atoms in total. The van der Waals surface area contributed by atoms with Gasteiger partial charge in [0.25, 0.3) is 0 Å². The van der Waals surface area contributed by atoms with Crippen LogP contribution in [0.15, 0.2) is 90.7 Å². The molecule has 0 saturated carbocycles. The molecule has 4 heteroatoms. The molecule has 0 bridgehead atoms. The van der Waals surface area contributed by atoms with E-state index in [-0.39, 0.29) is 5.54 Å². The molecule has 228 valence electrons. The Labute approximate surface area is 259 Å². The third-order valence-electron chi connectivity index (χ3n) is 8.97. The maximum absolute atomic E-state index is 6.28. The topological polar surface area (TPSA) is 52.2 Å². The number of para-hydroxylation sites is 1. The summed E-state index contributed by atoms with van der Waals surface area (Å²) in [6.07, 6.45) is 21.2. The van der Waals surface area contributed by atoms with Crippen molar-refractivity contribution in [3.8, 4) is 5.75 Å². The number of rotatable bonds is 17. The lowest BCUT2D eigenvalue weighted by molar-refractivity contribution is 0.305. The van der Waals surface area contributed by atoms with Crippen molar-refractivity contribution in [2.75, 3.05) is 11.9 Å². The van der Waals surface area contributed by atoms with Gasteiger partial charge in [-0.3, -0.25) is 0 Å². The summed E-state index contributed by atoms with van der Waals surface area (Å²) in [5.74, 6) is 0.980. The van der Waals surface area contributed by atoms with E-state index >= 15 is 0 Å². The molecule has 0 amide bonds. The lowest BCUT2D eigenvalue weighted by Crippen LogP contribution is -2.34. The fourth-order valence-corrected chi connectivity index (χ4v) is 6.44. The third-order valence-corrected chi connectivity index (χ3v) is 8.97. The summed E-state index contributed by atoms with van der Waals surface area (Å²) in [7, 11) is 0. The number of anilines is 1. The van der Waals surface area contributed by atoms with E-state index in [1.54, 1.807) is 0 Å². The van der Waals surface area contributed by atoms with Crippen LogP contribution in [-0.4, -0.2) is 11.2 Å². The molecule has 0 aliphatic heterocycles. The minimum absolute atomic E-state index is 0.369. The van der Waals surface area contributed by atoms with E-state index in [0.29, 0.717) is 0 Å². The molecule has 3 N–H and O–H groups in total. The number of nitrogens with zero attached hydrogens (tertiary/aromatic N) is 1. The summed E-state index contributed by atoms with van der Waals surface area (Å²) in [5.41, 5.74) is 11.6. The second-order valence-corrected chi connectivity index (χ2v) is 12.3. The lowest BCUT2D eigenvalue weighted by atomic mass is 9.82. The van der Waals surface area contributed by atoms with Crippen LogP contribution in [0.3, 0.4) is 0 Å². The van der Waals surface area contributed by atoms with Crippen LogP contribution < -0.4 is 15.8 Å². The summed E-state index contributed by atoms with van der Waals surface area (Å²) in [6, 6.07) is 24.2. The van der Waals surface area contributed by atoms with Crippen molar-refractivity contribution in [1.29, 1.82) is 0 Å². The lowest BCUT2D eigenvalue weighted by Gasteiger charge is -2.35. The first-order chi connectivity index (χ1) is 21.1. The van der Waals surface area contributed by atoms with Gasteiger partial charge in [0.05, 0.1) is 17.7 Å². The average Bonchev–Trinajstić information content (AvgIpc) is 3.34. The average molecular weight is 578 g/mol. The molecule has 1 aromatic heterocycles. The number of unbranched alkanes of at least 4 members (excludes halogenated alkanes) is 9. The summed E-state index contributed by atoms with van der Waals surface area (Å²) in [5, 5.41) is 6.46. The zero-order valence-corrected chi connectivity index (χ0v) is 26.4. The van der Waals surface area contributed by atoms with Gasteiger partial charge in [0.2, 0.25) is 0 Å². The van der Waals surface area contributed by atoms with Crippen molar-refractivity contribution in [2.45, 2.75) is 103 Å². The third kappa shape index (κ3) is 7.65. The van der Waals surface area contributed by atoms with E-state index in [2.05, 4.69) is 103 Å². The molecule has 1 aliphatic rings. The Morgan fingerprint density at radius 2 is 1.44 bits per heavy atom. The van der Waals surface area contributed by atoms with Gasteiger partial charge in [-0.2, -0.15) is 0 Å². The number of hydrogen-bond acceptors (Lipinski definition) is 3. The number of hydrogen-bond donors (Lipinski definition) is 2. The minimum Gasteiger partial charge on any atom is -0.494 e. The maximum atomic E-state index is 6.28. The van der Waals surface area contributed by atoms with Crippen molar-refractivity contribution < 1.29 is 4.74 Å². The van der Waals surface area contributed by atoms with Gasteiger partial charge in [-0.1, -0.05) is 114 Å². The summed E-state index contributed by atoms with van der Waals surface area (Å²) in [6.45, 7) is 6.34. The number of aromatic nitrogens is 1. The van der Waals surface area contributed by atoms with Crippen LogP contribution in [0.5, 0.6) is 5.75 Å². The molecule has 43 heavy (non-hydrogen) atoms. The molecule has 0 spiro atoms. The number of nitrogens with one attached hydrogen (secondary N) is 1. The van der Waals surface area contributed by atoms with E-state index in [1.165, 1.54) is 91.6 Å². The Morgan fingerprint density at radius 1 is 0.767 bits per heavy atom. The molecule has 1 aliphatic carbocycles. The van der Waals surface area contributed by atoms with Gasteiger partial charge < -0.3 is 20.4 Å². The van der Waals surface area contributed by atoms with Crippen LogP contribution in [0.25, 0.3) is 21.8 Å². The molecule has 0 radical (unpaired) electrons. The number of fused-ring (bicyclic) bond motifs is 3. The van der Waals surface area contributed by atoms with Gasteiger partial charge in [-0.25, -0.2) is 0 Å². The molecule has 4 aromatic rings. The number of aryl methyl sites for hydroxylation is 1. The monoisotopic (exact) mass is 577 g/mol. The fourth-order valence-electron chi connectivity index (χ4n) is 6.44. The van der Waals surface area contributed by atoms with Gasteiger partial charge >= 0.3 is 0 Å². The smallest absolute Gasteiger partial charge is 0.121 e. The highest BCUT2D eigenvalue weighted by Crippen LogP contribution is 2.39. The normalized spacial score (nSPS) is 16.6. The van der Waals surface area contributed by atoms with E-state index in [9.17, 15) is 0 Å². The van der Waals surface area contributed by atoms with E-state index in [1.807, 2.05) is 6.08 Å². The molecular formula is C39H51N3O. The fraction of sp³-hybridized carbons (Fsp3) is 0.436. The molecule has 0 saturated heterocycles. The van der Waals surface area contributed by atoms with Crippen molar-refractivity contribution in [3.63, 3.8) is 0 Å². The Balaban J connectivity index is 1.48. The first-order valence-corrected chi connectivity index (χ1v) is 16.8. The molecule has 1 heterocycles. The highest BCUT2D eigenvalue weighted by Gasteiger charge is 2.31. The van der Waals surface area contributed by atoms with Crippen molar-refractivity contribution in [2.24, 2.45) is 5.73 Å². The Morgan fingerprint density at radius 3 is 2.16 bits per heavy atom. The van der Waals surface area contributed by atoms with E-state index < -0.39 is 0 Å². The van der Waals surface area contributed by atoms with E-state index in [0.717, 1.165) is 43.1 Å². The molecule has 5 rings (SSSR count). The number of nitrogens with two attached hydrogens (primary N) is 1. The summed E-state index contributed by atoms with van der Waals surface area (Å²) in [4.78, 5) is 0. The highest BCUT2D eigenvalue weighted by atomic mass is 16.5. The van der Waals surface area contributed by atoms with E-state index in [4.69, 9.17) is 10.5 Å². The van der Waals surface area contributed by atoms with Crippen LogP contribution in [0.1, 0.15) is 96.5 Å². The Bertz CT molecular complexity index is 1520. The Hall–Kier alpha value is -3.66.